The molecule has 4 aromatic heterocycles. The maximum atomic E-state index is 16.0. The average molecular weight is 684 g/mol. The molecular weight excluding hydrogens is 660 g/mol. The van der Waals surface area contributed by atoms with Crippen LogP contribution in [0.2, 0.25) is 0 Å². The van der Waals surface area contributed by atoms with E-state index in [1.807, 2.05) is 0 Å². The summed E-state index contributed by atoms with van der Waals surface area (Å²) in [4.78, 5) is 45.5. The third-order valence-electron chi connectivity index (χ3n) is 7.55. The lowest BCUT2D eigenvalue weighted by atomic mass is 10.1. The molecule has 0 spiro atoms. The first-order valence-corrected chi connectivity index (χ1v) is 16.5. The van der Waals surface area contributed by atoms with E-state index in [0.717, 1.165) is 6.33 Å². The first kappa shape index (κ1) is 31.2. The second-order valence-corrected chi connectivity index (χ2v) is 13.3. The number of ether oxygens (including phenoxy) is 3. The molecule has 0 aliphatic carbocycles. The van der Waals surface area contributed by atoms with Gasteiger partial charge in [0.2, 0.25) is 13.5 Å². The summed E-state index contributed by atoms with van der Waals surface area (Å²) in [5.41, 5.74) is 11.0. The smallest absolute Gasteiger partial charge is 0.382 e. The summed E-state index contributed by atoms with van der Waals surface area (Å²) in [6, 6.07) is 0. The van der Waals surface area contributed by atoms with Gasteiger partial charge < -0.3 is 39.6 Å². The Kier molecular flexibility index (Phi) is 7.75. The summed E-state index contributed by atoms with van der Waals surface area (Å²) in [5, 5.41) is 0. The summed E-state index contributed by atoms with van der Waals surface area (Å²) < 4.78 is 84.1. The number of hydrogen-bond donors (Lipinski definition) is 4. The van der Waals surface area contributed by atoms with Gasteiger partial charge >= 0.3 is 7.82 Å². The number of nitrogen functional groups attached to an aromatic ring is 2. The van der Waals surface area contributed by atoms with Crippen LogP contribution in [-0.2, 0) is 41.4 Å². The van der Waals surface area contributed by atoms with Crippen molar-refractivity contribution in [3.8, 4) is 0 Å². The van der Waals surface area contributed by atoms with Gasteiger partial charge in [-0.25, -0.2) is 28.9 Å². The van der Waals surface area contributed by atoms with Gasteiger partial charge in [-0.1, -0.05) is 0 Å². The number of anilines is 2. The highest BCUT2D eigenvalue weighted by Crippen LogP contribution is 2.54. The van der Waals surface area contributed by atoms with Gasteiger partial charge in [0.15, 0.2) is 41.3 Å². The molecule has 2 radical (unpaired) electrons. The molecule has 10 atom stereocenters. The summed E-state index contributed by atoms with van der Waals surface area (Å²) in [6.07, 6.45) is -8.52. The molecule has 4 aromatic rings. The molecule has 2 bridgehead atoms. The molecule has 3 saturated heterocycles. The van der Waals surface area contributed by atoms with E-state index in [4.69, 9.17) is 51.3 Å². The van der Waals surface area contributed by atoms with Gasteiger partial charge in [-0.05, 0) is 0 Å². The van der Waals surface area contributed by atoms with E-state index in [9.17, 15) is 18.8 Å². The molecule has 6 N–H and O–H groups in total. The van der Waals surface area contributed by atoms with Gasteiger partial charge in [0.1, 0.15) is 42.4 Å². The van der Waals surface area contributed by atoms with Gasteiger partial charge in [-0.2, -0.15) is 4.98 Å². The van der Waals surface area contributed by atoms with Crippen molar-refractivity contribution in [2.45, 2.75) is 49.1 Å². The lowest BCUT2D eigenvalue weighted by molar-refractivity contribution is -0.0631. The van der Waals surface area contributed by atoms with Gasteiger partial charge in [0.05, 0.1) is 25.9 Å². The minimum absolute atomic E-state index is 0.0213. The van der Waals surface area contributed by atoms with Crippen LogP contribution in [0.15, 0.2) is 23.8 Å². The zero-order valence-corrected chi connectivity index (χ0v) is 25.2. The topological polar surface area (TPSA) is 278 Å². The highest BCUT2D eigenvalue weighted by Gasteiger charge is 2.54. The molecule has 25 heteroatoms. The molecule has 3 fully saturated rings. The van der Waals surface area contributed by atoms with E-state index in [0.29, 0.717) is 0 Å². The van der Waals surface area contributed by atoms with Crippen molar-refractivity contribution < 1.29 is 50.7 Å². The Labute approximate surface area is 257 Å². The number of hydrogen-bond acceptors (Lipinski definition) is 17. The fraction of sp³-hybridized carbons (Fsp3) is 0.524. The number of rotatable bonds is 3. The normalized spacial score (nSPS) is 37.1. The Hall–Kier alpha value is -3.37. The third kappa shape index (κ3) is 5.41. The SMILES string of the molecule is [B][P@]1(=O)OCC2O[C@@H](n3cnc4c(N)ncnc43)C(F)[C@H]2OP(=O)(O)OCC2O[C@@H](n3cnc4c(=O)[nH]c(N)nc43)C(O1)[C@H]2OC. The summed E-state index contributed by atoms with van der Waals surface area (Å²) in [6.45, 7) is -1.43. The third-order valence-corrected chi connectivity index (χ3v) is 9.59. The molecule has 7 rings (SSSR count). The predicted octanol–water partition coefficient (Wildman–Crippen LogP) is -0.534. The van der Waals surface area contributed by atoms with Crippen LogP contribution >= 0.6 is 15.3 Å². The maximum Gasteiger partial charge on any atom is 0.472 e. The van der Waals surface area contributed by atoms with E-state index < -0.39 is 83.2 Å². The van der Waals surface area contributed by atoms with Gasteiger partial charge in [-0.3, -0.25) is 32.5 Å². The summed E-state index contributed by atoms with van der Waals surface area (Å²) in [5.74, 6) is -0.213. The number of aromatic amines is 1. The molecule has 0 aromatic carbocycles. The Morgan fingerprint density at radius 1 is 1.00 bits per heavy atom. The van der Waals surface area contributed by atoms with Crippen LogP contribution in [0, 0.1) is 0 Å². The van der Waals surface area contributed by atoms with Crippen molar-refractivity contribution in [1.29, 1.82) is 0 Å². The molecule has 244 valence electrons. The molecule has 3 aliphatic heterocycles. The Balaban J connectivity index is 1.22. The van der Waals surface area contributed by atoms with Gasteiger partial charge in [0, 0.05) is 7.11 Å². The highest BCUT2D eigenvalue weighted by atomic mass is 31.2. The van der Waals surface area contributed by atoms with E-state index in [2.05, 4.69) is 29.9 Å². The van der Waals surface area contributed by atoms with E-state index in [-0.39, 0.29) is 34.1 Å². The summed E-state index contributed by atoms with van der Waals surface area (Å²) >= 11 is 0. The number of methoxy groups -OCH3 is 1. The van der Waals surface area contributed by atoms with Crippen LogP contribution in [-0.4, -0.2) is 109 Å². The van der Waals surface area contributed by atoms with Crippen molar-refractivity contribution in [3.63, 3.8) is 0 Å². The second kappa shape index (κ2) is 11.4. The van der Waals surface area contributed by atoms with Gasteiger partial charge in [-0.15, -0.1) is 0 Å². The quantitative estimate of drug-likeness (QED) is 0.156. The Morgan fingerprint density at radius 3 is 2.46 bits per heavy atom. The van der Waals surface area contributed by atoms with E-state index in [1.165, 1.54) is 28.9 Å². The standard InChI is InChI=1S/C21H24BFN10O11P2/c1-38-13-8-3-40-46(36,37)44-12-7(41-19(9(12)23)32-5-28-10-15(24)26-4-27-16(10)32)2-39-45(22,35)43-14(13)20(42-8)33-6-29-11-17(33)30-21(25)31-18(11)34/h4-9,12-14,19-20H,2-3H2,1H3,(H,36,37)(H2,24,26,27)(H3,25,30,31,34)/t7?,8?,9?,12-,13-,14?,19+,20+,45-/m0/s1. The molecule has 5 unspecified atom stereocenters. The molecule has 21 nitrogen and oxygen atoms in total. The van der Waals surface area contributed by atoms with Crippen LogP contribution in [0.4, 0.5) is 16.2 Å². The average Bonchev–Trinajstić information content (AvgIpc) is 3.75. The molecular formula is C21H24BFN10O11P2. The zero-order valence-electron chi connectivity index (χ0n) is 23.4. The number of fused-ring (bicyclic) bond motifs is 5. The number of nitrogens with one attached hydrogen (secondary N) is 1. The molecule has 0 amide bonds. The number of halogens is 1. The maximum absolute atomic E-state index is 16.0. The largest absolute Gasteiger partial charge is 0.472 e. The van der Waals surface area contributed by atoms with Crippen molar-refractivity contribution >= 4 is 57.0 Å². The number of nitrogens with two attached hydrogens (primary N) is 2. The van der Waals surface area contributed by atoms with Crippen LogP contribution in [0.3, 0.4) is 0 Å². The number of phosphoric acid groups is 1. The minimum atomic E-state index is -5.07. The number of imidazole rings is 2. The zero-order chi connectivity index (χ0) is 32.5. The van der Waals surface area contributed by atoms with Crippen molar-refractivity contribution in [2.75, 3.05) is 31.8 Å². The summed E-state index contributed by atoms with van der Waals surface area (Å²) in [7, 11) is -2.42. The predicted molar refractivity (Wildman–Crippen MR) is 151 cm³/mol. The van der Waals surface area contributed by atoms with Gasteiger partial charge in [0.25, 0.3) is 13.0 Å². The number of H-pyrrole nitrogens is 1. The fourth-order valence-electron chi connectivity index (χ4n) is 5.56. The number of alkyl halides is 1. The number of nitrogens with zero attached hydrogens (tertiary/aromatic N) is 7. The molecule has 46 heavy (non-hydrogen) atoms. The van der Waals surface area contributed by atoms with E-state index >= 15 is 4.39 Å². The Morgan fingerprint density at radius 2 is 1.70 bits per heavy atom. The van der Waals surface area contributed by atoms with Crippen LogP contribution < -0.4 is 17.0 Å². The highest BCUT2D eigenvalue weighted by molar-refractivity contribution is 7.79. The minimum Gasteiger partial charge on any atom is -0.382 e. The lowest BCUT2D eigenvalue weighted by Crippen LogP contribution is -2.37. The first-order chi connectivity index (χ1) is 21.9. The van der Waals surface area contributed by atoms with Crippen molar-refractivity contribution in [2.24, 2.45) is 0 Å². The van der Waals surface area contributed by atoms with Crippen molar-refractivity contribution in [3.05, 3.63) is 29.3 Å². The molecule has 7 heterocycles. The van der Waals surface area contributed by atoms with Crippen LogP contribution in [0.25, 0.3) is 22.3 Å². The lowest BCUT2D eigenvalue weighted by Gasteiger charge is -2.28. The molecule has 0 saturated carbocycles. The van der Waals surface area contributed by atoms with Crippen LogP contribution in [0.1, 0.15) is 12.5 Å². The number of aromatic nitrogens is 8. The van der Waals surface area contributed by atoms with Crippen LogP contribution in [0.5, 0.6) is 0 Å². The van der Waals surface area contributed by atoms with E-state index in [1.54, 1.807) is 0 Å². The van der Waals surface area contributed by atoms with Crippen molar-refractivity contribution in [1.82, 2.24) is 39.0 Å². The molecule has 3 aliphatic rings. The second-order valence-electron chi connectivity index (χ2n) is 10.4. The first-order valence-electron chi connectivity index (χ1n) is 13.4. The monoisotopic (exact) mass is 684 g/mol. The number of phosphoric ester groups is 1. The Bertz CT molecular complexity index is 1960. The fourth-order valence-corrected chi connectivity index (χ4v) is 7.49.